The van der Waals surface area contributed by atoms with Gasteiger partial charge in [-0.15, -0.1) is 0 Å². The number of methoxy groups -OCH3 is 1. The van der Waals surface area contributed by atoms with Crippen molar-refractivity contribution in [2.24, 2.45) is 0 Å². The van der Waals surface area contributed by atoms with Crippen LogP contribution in [0.1, 0.15) is 13.8 Å². The number of rotatable bonds is 5. The summed E-state index contributed by atoms with van der Waals surface area (Å²) < 4.78 is 37.1. The number of hydrogen-bond acceptors (Lipinski definition) is 6. The number of carbonyl (C=O) groups excluding carboxylic acids is 1. The molecule has 0 radical (unpaired) electrons. The van der Waals surface area contributed by atoms with Crippen LogP contribution in [-0.2, 0) is 29.2 Å². The largest absolute Gasteiger partial charge is 0.478 e. The molecular formula is C12H22O8S. The Kier molecular flexibility index (Phi) is 15.4. The summed E-state index contributed by atoms with van der Waals surface area (Å²) in [5, 5.41) is 7.89. The molecule has 0 aliphatic rings. The first-order valence-corrected chi connectivity index (χ1v) is 7.06. The van der Waals surface area contributed by atoms with Gasteiger partial charge in [-0.25, -0.2) is 9.59 Å². The summed E-state index contributed by atoms with van der Waals surface area (Å²) in [4.78, 5) is 20.2. The SMILES string of the molecule is C=C(C)C(=O)O.C=C(C)C(=O)OCCS(=O)(=O)O.COC. The molecule has 9 heteroatoms. The molecule has 124 valence electrons. The number of ether oxygens (including phenoxy) is 2. The van der Waals surface area contributed by atoms with Gasteiger partial charge in [0.2, 0.25) is 0 Å². The topological polar surface area (TPSA) is 127 Å². The van der Waals surface area contributed by atoms with Gasteiger partial charge in [0.15, 0.2) is 0 Å². The van der Waals surface area contributed by atoms with Gasteiger partial charge in [0.05, 0.1) is 0 Å². The van der Waals surface area contributed by atoms with Crippen molar-refractivity contribution in [3.05, 3.63) is 24.3 Å². The van der Waals surface area contributed by atoms with Crippen molar-refractivity contribution in [1.29, 1.82) is 0 Å². The van der Waals surface area contributed by atoms with Gasteiger partial charge in [0.1, 0.15) is 12.4 Å². The Balaban J connectivity index is -0.000000300. The van der Waals surface area contributed by atoms with Crippen molar-refractivity contribution in [3.8, 4) is 0 Å². The summed E-state index contributed by atoms with van der Waals surface area (Å²) in [6, 6.07) is 0. The van der Waals surface area contributed by atoms with Crippen LogP contribution in [0.3, 0.4) is 0 Å². The first-order valence-electron chi connectivity index (χ1n) is 5.45. The second-order valence-electron chi connectivity index (χ2n) is 3.70. The molecule has 0 aliphatic carbocycles. The third-order valence-corrected chi connectivity index (χ3v) is 1.97. The molecule has 2 N–H and O–H groups in total. The lowest BCUT2D eigenvalue weighted by atomic mass is 10.4. The highest BCUT2D eigenvalue weighted by atomic mass is 32.2. The number of carboxylic acid groups (broad SMARTS) is 1. The maximum Gasteiger partial charge on any atom is 0.333 e. The van der Waals surface area contributed by atoms with E-state index < -0.39 is 27.8 Å². The van der Waals surface area contributed by atoms with Gasteiger partial charge < -0.3 is 14.6 Å². The summed E-state index contributed by atoms with van der Waals surface area (Å²) in [7, 11) is -0.802. The Labute approximate surface area is 124 Å². The van der Waals surface area contributed by atoms with Crippen LogP contribution in [0.25, 0.3) is 0 Å². The molecular weight excluding hydrogens is 304 g/mol. The summed E-state index contributed by atoms with van der Waals surface area (Å²) in [6.07, 6.45) is 0. The van der Waals surface area contributed by atoms with Crippen molar-refractivity contribution in [2.75, 3.05) is 26.6 Å². The molecule has 0 unspecified atom stereocenters. The zero-order chi connectivity index (χ0) is 17.6. The van der Waals surface area contributed by atoms with E-state index in [1.54, 1.807) is 14.2 Å². The van der Waals surface area contributed by atoms with Gasteiger partial charge in [-0.3, -0.25) is 4.55 Å². The van der Waals surface area contributed by atoms with E-state index in [0.29, 0.717) is 0 Å². The van der Waals surface area contributed by atoms with Crippen molar-refractivity contribution in [3.63, 3.8) is 0 Å². The fourth-order valence-corrected chi connectivity index (χ4v) is 0.657. The Morgan fingerprint density at radius 3 is 1.62 bits per heavy atom. The van der Waals surface area contributed by atoms with Crippen LogP contribution in [0.5, 0.6) is 0 Å². The average molecular weight is 326 g/mol. The third kappa shape index (κ3) is 27.5. The van der Waals surface area contributed by atoms with Crippen LogP contribution in [0.15, 0.2) is 24.3 Å². The van der Waals surface area contributed by atoms with E-state index in [1.807, 2.05) is 0 Å². The highest BCUT2D eigenvalue weighted by molar-refractivity contribution is 7.85. The molecule has 0 bridgehead atoms. The zero-order valence-electron chi connectivity index (χ0n) is 12.6. The summed E-state index contributed by atoms with van der Waals surface area (Å²) in [5.41, 5.74) is 0.361. The smallest absolute Gasteiger partial charge is 0.333 e. The van der Waals surface area contributed by atoms with Gasteiger partial charge in [-0.2, -0.15) is 8.42 Å². The fourth-order valence-electron chi connectivity index (χ4n) is 0.363. The molecule has 0 fully saturated rings. The molecule has 0 amide bonds. The first-order chi connectivity index (χ1) is 9.38. The van der Waals surface area contributed by atoms with Crippen LogP contribution >= 0.6 is 0 Å². The molecule has 0 heterocycles. The van der Waals surface area contributed by atoms with E-state index >= 15 is 0 Å². The van der Waals surface area contributed by atoms with Gasteiger partial charge in [0, 0.05) is 25.4 Å². The standard InChI is InChI=1S/C6H10O5S.C4H6O2.C2H6O/c1-5(2)6(7)11-3-4-12(8,9)10;1-3(2)4(5)6;1-3-2/h1,3-4H2,2H3,(H,8,9,10);1H2,2H3,(H,5,6);1-2H3. The van der Waals surface area contributed by atoms with Crippen molar-refractivity contribution >= 4 is 22.1 Å². The summed E-state index contributed by atoms with van der Waals surface area (Å²) >= 11 is 0. The van der Waals surface area contributed by atoms with Gasteiger partial charge in [-0.05, 0) is 13.8 Å². The molecule has 8 nitrogen and oxygen atoms in total. The highest BCUT2D eigenvalue weighted by Crippen LogP contribution is 1.92. The molecule has 21 heavy (non-hydrogen) atoms. The molecule has 0 saturated carbocycles. The number of carbonyl (C=O) groups is 2. The fraction of sp³-hybridized carbons (Fsp3) is 0.500. The van der Waals surface area contributed by atoms with Crippen molar-refractivity contribution in [1.82, 2.24) is 0 Å². The highest BCUT2D eigenvalue weighted by Gasteiger charge is 2.07. The van der Waals surface area contributed by atoms with Gasteiger partial charge in [-0.1, -0.05) is 13.2 Å². The average Bonchev–Trinajstić information content (AvgIpc) is 2.28. The molecule has 0 rings (SSSR count). The quantitative estimate of drug-likeness (QED) is 0.433. The van der Waals surface area contributed by atoms with E-state index in [9.17, 15) is 18.0 Å². The normalized spacial score (nSPS) is 9.19. The number of esters is 1. The monoisotopic (exact) mass is 326 g/mol. The minimum atomic E-state index is -4.05. The number of aliphatic carboxylic acids is 1. The Bertz CT molecular complexity index is 438. The lowest BCUT2D eigenvalue weighted by Crippen LogP contribution is -2.14. The van der Waals surface area contributed by atoms with Crippen LogP contribution in [0.2, 0.25) is 0 Å². The zero-order valence-corrected chi connectivity index (χ0v) is 13.4. The van der Waals surface area contributed by atoms with Crippen molar-refractivity contribution < 1.29 is 37.1 Å². The Morgan fingerprint density at radius 1 is 1.10 bits per heavy atom. The second kappa shape index (κ2) is 13.3. The molecule has 0 aromatic heterocycles. The van der Waals surface area contributed by atoms with Gasteiger partial charge in [0.25, 0.3) is 10.1 Å². The minimum absolute atomic E-state index is 0.176. The van der Waals surface area contributed by atoms with E-state index in [2.05, 4.69) is 22.6 Å². The van der Waals surface area contributed by atoms with E-state index in [4.69, 9.17) is 9.66 Å². The lowest BCUT2D eigenvalue weighted by Gasteiger charge is -2.01. The lowest BCUT2D eigenvalue weighted by molar-refractivity contribution is -0.138. The van der Waals surface area contributed by atoms with E-state index in [0.717, 1.165) is 0 Å². The Hall–Kier alpha value is -1.71. The van der Waals surface area contributed by atoms with Crippen LogP contribution in [0.4, 0.5) is 0 Å². The summed E-state index contributed by atoms with van der Waals surface area (Å²) in [6.45, 7) is 8.97. The summed E-state index contributed by atoms with van der Waals surface area (Å²) in [5.74, 6) is -2.19. The number of carboxylic acids is 1. The third-order valence-electron chi connectivity index (χ3n) is 1.29. The second-order valence-corrected chi connectivity index (χ2v) is 5.27. The van der Waals surface area contributed by atoms with Crippen LogP contribution in [-0.4, -0.2) is 56.6 Å². The Morgan fingerprint density at radius 2 is 1.43 bits per heavy atom. The maximum atomic E-state index is 10.6. The molecule has 0 spiro atoms. The van der Waals surface area contributed by atoms with Crippen molar-refractivity contribution in [2.45, 2.75) is 13.8 Å². The van der Waals surface area contributed by atoms with E-state index in [1.165, 1.54) is 13.8 Å². The molecule has 0 aromatic rings. The van der Waals surface area contributed by atoms with E-state index in [-0.39, 0.29) is 17.8 Å². The molecule has 0 aliphatic heterocycles. The van der Waals surface area contributed by atoms with Gasteiger partial charge >= 0.3 is 11.9 Å². The maximum absolute atomic E-state index is 10.6. The number of hydrogen-bond donors (Lipinski definition) is 2. The first kappa shape index (κ1) is 24.3. The predicted molar refractivity (Wildman–Crippen MR) is 77.6 cm³/mol. The minimum Gasteiger partial charge on any atom is -0.478 e. The molecule has 0 atom stereocenters. The molecule has 0 aromatic carbocycles. The van der Waals surface area contributed by atoms with Crippen LogP contribution in [0, 0.1) is 0 Å². The molecule has 0 saturated heterocycles. The predicted octanol–water partition coefficient (Wildman–Crippen LogP) is 0.903. The van der Waals surface area contributed by atoms with Crippen LogP contribution < -0.4 is 0 Å².